The molecule has 0 atom stereocenters. The number of hydrogen-bond donors (Lipinski definition) is 1. The van der Waals surface area contributed by atoms with Gasteiger partial charge in [-0.15, -0.1) is 0 Å². The normalized spacial score (nSPS) is 15.2. The van der Waals surface area contributed by atoms with Crippen molar-refractivity contribution in [2.75, 3.05) is 0 Å². The van der Waals surface area contributed by atoms with Gasteiger partial charge < -0.3 is 9.67 Å². The van der Waals surface area contributed by atoms with Crippen LogP contribution in [0.3, 0.4) is 0 Å². The first-order chi connectivity index (χ1) is 11.0. The highest BCUT2D eigenvalue weighted by Gasteiger charge is 2.19. The summed E-state index contributed by atoms with van der Waals surface area (Å²) < 4.78 is 28.2. The second kappa shape index (κ2) is 6.52. The van der Waals surface area contributed by atoms with Crippen LogP contribution in [0.25, 0.3) is 0 Å². The maximum atomic E-state index is 13.3. The Balaban J connectivity index is 1.84. The molecule has 1 aliphatic rings. The molecule has 1 fully saturated rings. The van der Waals surface area contributed by atoms with Crippen LogP contribution >= 0.6 is 0 Å². The highest BCUT2D eigenvalue weighted by atomic mass is 19.1. The Bertz CT molecular complexity index is 698. The fourth-order valence-electron chi connectivity index (χ4n) is 3.44. The van der Waals surface area contributed by atoms with Crippen LogP contribution in [0, 0.1) is 17.6 Å². The minimum Gasteiger partial charge on any atom is -0.477 e. The second-order valence-electron chi connectivity index (χ2n) is 6.30. The van der Waals surface area contributed by atoms with E-state index in [4.69, 9.17) is 0 Å². The Morgan fingerprint density at radius 1 is 1.09 bits per heavy atom. The SMILES string of the molecule is O=C(O)c1cc(CC2CCCC2)cn1Cc1cc(F)cc(F)c1. The molecular formula is C18H19F2NO2. The molecule has 3 rings (SSSR count). The van der Waals surface area contributed by atoms with Crippen molar-refractivity contribution in [3.05, 3.63) is 58.9 Å². The fourth-order valence-corrected chi connectivity index (χ4v) is 3.44. The summed E-state index contributed by atoms with van der Waals surface area (Å²) in [6.45, 7) is 0.140. The Kier molecular flexibility index (Phi) is 4.46. The Labute approximate surface area is 133 Å². The summed E-state index contributed by atoms with van der Waals surface area (Å²) in [5.41, 5.74) is 1.54. The van der Waals surface area contributed by atoms with Crippen LogP contribution in [0.15, 0.2) is 30.5 Å². The molecule has 0 radical (unpaired) electrons. The van der Waals surface area contributed by atoms with Gasteiger partial charge in [0.2, 0.25) is 0 Å². The van der Waals surface area contributed by atoms with E-state index >= 15 is 0 Å². The van der Waals surface area contributed by atoms with Crippen molar-refractivity contribution in [2.45, 2.75) is 38.6 Å². The third kappa shape index (κ3) is 3.78. The molecule has 1 saturated carbocycles. The molecule has 0 spiro atoms. The molecule has 122 valence electrons. The molecule has 0 bridgehead atoms. The molecular weight excluding hydrogens is 300 g/mol. The average Bonchev–Trinajstić information content (AvgIpc) is 3.08. The van der Waals surface area contributed by atoms with Crippen LogP contribution in [0.2, 0.25) is 0 Å². The zero-order valence-corrected chi connectivity index (χ0v) is 12.8. The van der Waals surface area contributed by atoms with Gasteiger partial charge >= 0.3 is 5.97 Å². The first-order valence-electron chi connectivity index (χ1n) is 7.88. The van der Waals surface area contributed by atoms with E-state index in [2.05, 4.69) is 0 Å². The van der Waals surface area contributed by atoms with Gasteiger partial charge in [0.15, 0.2) is 0 Å². The summed E-state index contributed by atoms with van der Waals surface area (Å²) in [5.74, 6) is -1.73. The predicted octanol–water partition coefficient (Wildman–Crippen LogP) is 4.25. The van der Waals surface area contributed by atoms with Crippen molar-refractivity contribution in [2.24, 2.45) is 5.92 Å². The van der Waals surface area contributed by atoms with E-state index in [9.17, 15) is 18.7 Å². The van der Waals surface area contributed by atoms with Gasteiger partial charge in [0.1, 0.15) is 17.3 Å². The van der Waals surface area contributed by atoms with Crippen LogP contribution in [-0.4, -0.2) is 15.6 Å². The largest absolute Gasteiger partial charge is 0.477 e. The lowest BCUT2D eigenvalue weighted by atomic mass is 10.00. The smallest absolute Gasteiger partial charge is 0.352 e. The standard InChI is InChI=1S/C18H19F2NO2/c19-15-6-14(7-16(20)9-15)11-21-10-13(8-17(21)18(22)23)5-12-3-1-2-4-12/h6-10,12H,1-5,11H2,(H,22,23). The van der Waals surface area contributed by atoms with Gasteiger partial charge in [0.05, 0.1) is 0 Å². The lowest BCUT2D eigenvalue weighted by Crippen LogP contribution is -2.08. The molecule has 1 aromatic carbocycles. The van der Waals surface area contributed by atoms with Crippen LogP contribution in [0.1, 0.15) is 47.3 Å². The first-order valence-corrected chi connectivity index (χ1v) is 7.88. The van der Waals surface area contributed by atoms with Gasteiger partial charge in [0, 0.05) is 18.8 Å². The van der Waals surface area contributed by atoms with E-state index in [1.165, 1.54) is 37.8 Å². The third-order valence-electron chi connectivity index (χ3n) is 4.45. The van der Waals surface area contributed by atoms with Crippen molar-refractivity contribution in [3.8, 4) is 0 Å². The van der Waals surface area contributed by atoms with Gasteiger partial charge in [0.25, 0.3) is 0 Å². The average molecular weight is 319 g/mol. The molecule has 23 heavy (non-hydrogen) atoms. The molecule has 5 heteroatoms. The van der Waals surface area contributed by atoms with Crippen molar-refractivity contribution in [1.29, 1.82) is 0 Å². The summed E-state index contributed by atoms with van der Waals surface area (Å²) in [5, 5.41) is 9.36. The number of carboxylic acids is 1. The zero-order chi connectivity index (χ0) is 16.4. The number of carbonyl (C=O) groups is 1. The van der Waals surface area contributed by atoms with Crippen LogP contribution < -0.4 is 0 Å². The summed E-state index contributed by atoms with van der Waals surface area (Å²) in [4.78, 5) is 11.4. The first kappa shape index (κ1) is 15.7. The second-order valence-corrected chi connectivity index (χ2v) is 6.30. The number of hydrogen-bond acceptors (Lipinski definition) is 1. The van der Waals surface area contributed by atoms with Crippen molar-refractivity contribution in [1.82, 2.24) is 4.57 Å². The predicted molar refractivity (Wildman–Crippen MR) is 82.5 cm³/mol. The van der Waals surface area contributed by atoms with Crippen LogP contribution in [0.4, 0.5) is 8.78 Å². The Hall–Kier alpha value is -2.17. The van der Waals surface area contributed by atoms with Gasteiger partial charge in [-0.05, 0) is 41.7 Å². The number of benzene rings is 1. The molecule has 2 aromatic rings. The Morgan fingerprint density at radius 2 is 1.74 bits per heavy atom. The van der Waals surface area contributed by atoms with Crippen molar-refractivity contribution in [3.63, 3.8) is 0 Å². The third-order valence-corrected chi connectivity index (χ3v) is 4.45. The molecule has 1 aromatic heterocycles. The van der Waals surface area contributed by atoms with E-state index in [1.807, 2.05) is 0 Å². The van der Waals surface area contributed by atoms with Gasteiger partial charge in [-0.2, -0.15) is 0 Å². The molecule has 1 N–H and O–H groups in total. The molecule has 1 heterocycles. The lowest BCUT2D eigenvalue weighted by molar-refractivity contribution is 0.0685. The highest BCUT2D eigenvalue weighted by molar-refractivity contribution is 5.86. The van der Waals surface area contributed by atoms with E-state index in [1.54, 1.807) is 16.8 Å². The number of aromatic nitrogens is 1. The molecule has 3 nitrogen and oxygen atoms in total. The van der Waals surface area contributed by atoms with Crippen molar-refractivity contribution >= 4 is 5.97 Å². The summed E-state index contributed by atoms with van der Waals surface area (Å²) in [6, 6.07) is 4.94. The Morgan fingerprint density at radius 3 is 2.35 bits per heavy atom. The fraction of sp³-hybridized carbons (Fsp3) is 0.389. The van der Waals surface area contributed by atoms with E-state index in [-0.39, 0.29) is 12.2 Å². The number of aromatic carboxylic acids is 1. The maximum absolute atomic E-state index is 13.3. The zero-order valence-electron chi connectivity index (χ0n) is 12.8. The van der Waals surface area contributed by atoms with Gasteiger partial charge in [-0.25, -0.2) is 13.6 Å². The van der Waals surface area contributed by atoms with E-state index in [0.717, 1.165) is 18.1 Å². The van der Waals surface area contributed by atoms with Gasteiger partial charge in [-0.1, -0.05) is 25.7 Å². The summed E-state index contributed by atoms with van der Waals surface area (Å²) >= 11 is 0. The molecule has 0 saturated heterocycles. The summed E-state index contributed by atoms with van der Waals surface area (Å²) in [7, 11) is 0. The quantitative estimate of drug-likeness (QED) is 0.895. The molecule has 0 unspecified atom stereocenters. The number of carboxylic acid groups (broad SMARTS) is 1. The minimum absolute atomic E-state index is 0.140. The minimum atomic E-state index is -1.03. The maximum Gasteiger partial charge on any atom is 0.352 e. The van der Waals surface area contributed by atoms with Crippen molar-refractivity contribution < 1.29 is 18.7 Å². The highest BCUT2D eigenvalue weighted by Crippen LogP contribution is 2.28. The molecule has 0 amide bonds. The lowest BCUT2D eigenvalue weighted by Gasteiger charge is -2.07. The van der Waals surface area contributed by atoms with Crippen LogP contribution in [0.5, 0.6) is 0 Å². The molecule has 1 aliphatic carbocycles. The number of rotatable bonds is 5. The molecule has 0 aliphatic heterocycles. The van der Waals surface area contributed by atoms with Crippen LogP contribution in [-0.2, 0) is 13.0 Å². The number of nitrogens with zero attached hydrogens (tertiary/aromatic N) is 1. The van der Waals surface area contributed by atoms with E-state index in [0.29, 0.717) is 11.5 Å². The number of halogens is 2. The summed E-state index contributed by atoms with van der Waals surface area (Å²) in [6.07, 6.45) is 7.50. The monoisotopic (exact) mass is 319 g/mol. The topological polar surface area (TPSA) is 42.2 Å². The van der Waals surface area contributed by atoms with Gasteiger partial charge in [-0.3, -0.25) is 0 Å². The van der Waals surface area contributed by atoms with E-state index < -0.39 is 17.6 Å².